The number of hydrogen-bond acceptors (Lipinski definition) is 6. The zero-order valence-corrected chi connectivity index (χ0v) is 22.5. The molecule has 2 aliphatic rings. The number of rotatable bonds is 4. The summed E-state index contributed by atoms with van der Waals surface area (Å²) in [5.74, 6) is 0.815. The first-order valence-electron chi connectivity index (χ1n) is 12.7. The van der Waals surface area contributed by atoms with E-state index in [1.54, 1.807) is 22.8 Å². The van der Waals surface area contributed by atoms with Crippen LogP contribution in [-0.2, 0) is 6.42 Å². The number of nitro groups is 1. The van der Waals surface area contributed by atoms with E-state index in [1.807, 2.05) is 24.3 Å². The summed E-state index contributed by atoms with van der Waals surface area (Å²) < 4.78 is 8.26. The minimum absolute atomic E-state index is 0.0860. The average Bonchev–Trinajstić information content (AvgIpc) is 3.56. The Bertz CT molecular complexity index is 2040. The van der Waals surface area contributed by atoms with E-state index >= 15 is 0 Å². The molecule has 3 aromatic carbocycles. The maximum atomic E-state index is 13.9. The molecule has 40 heavy (non-hydrogen) atoms. The second kappa shape index (κ2) is 9.59. The number of fused-ring (bicyclic) bond motifs is 3. The van der Waals surface area contributed by atoms with Crippen LogP contribution in [0.25, 0.3) is 23.1 Å². The van der Waals surface area contributed by atoms with Gasteiger partial charge in [-0.1, -0.05) is 77.5 Å². The van der Waals surface area contributed by atoms with Crippen LogP contribution in [0.1, 0.15) is 34.9 Å². The van der Waals surface area contributed by atoms with Gasteiger partial charge in [0, 0.05) is 29.3 Å². The quantitative estimate of drug-likeness (QED) is 0.193. The number of nitro benzene ring substituents is 1. The number of benzene rings is 3. The Balaban J connectivity index is 1.38. The van der Waals surface area contributed by atoms with Gasteiger partial charge in [0.05, 0.1) is 26.2 Å². The second-order valence-corrected chi connectivity index (χ2v) is 11.1. The number of thiazole rings is 1. The Kier molecular flexibility index (Phi) is 5.87. The van der Waals surface area contributed by atoms with Crippen LogP contribution in [0.3, 0.4) is 0 Å². The topological polar surface area (TPSA) is 90.6 Å². The molecule has 0 saturated heterocycles. The van der Waals surface area contributed by atoms with Gasteiger partial charge < -0.3 is 4.42 Å². The van der Waals surface area contributed by atoms with Gasteiger partial charge in [0.2, 0.25) is 0 Å². The second-order valence-electron chi connectivity index (χ2n) is 9.65. The summed E-state index contributed by atoms with van der Waals surface area (Å²) in [6, 6.07) is 25.7. The van der Waals surface area contributed by atoms with Crippen LogP contribution in [-0.4, -0.2) is 9.49 Å². The molecule has 196 valence electrons. The van der Waals surface area contributed by atoms with Crippen molar-refractivity contribution in [3.63, 3.8) is 0 Å². The van der Waals surface area contributed by atoms with Crippen molar-refractivity contribution in [3.8, 4) is 11.3 Å². The van der Waals surface area contributed by atoms with E-state index < -0.39 is 4.92 Å². The zero-order chi connectivity index (χ0) is 27.4. The first-order chi connectivity index (χ1) is 19.5. The van der Waals surface area contributed by atoms with Crippen molar-refractivity contribution in [2.24, 2.45) is 4.99 Å². The van der Waals surface area contributed by atoms with Crippen LogP contribution >= 0.6 is 22.9 Å². The Labute approximate surface area is 236 Å². The van der Waals surface area contributed by atoms with Crippen LogP contribution in [0, 0.1) is 10.1 Å². The standard InChI is InChI=1S/C31H20ClN3O4S/c32-25-14-11-20(35(37)38)16-24(25)26-15-12-21(39-26)17-27-30(36)34-29(19-7-2-1-3-8-19)23-13-10-18-6-4-5-9-22(18)28(23)33-31(34)40-27/h1-9,11-12,14-17,29H,10,13H2/b27-17-/t29-/m0/s1. The van der Waals surface area contributed by atoms with Gasteiger partial charge in [-0.2, -0.15) is 0 Å². The van der Waals surface area contributed by atoms with Gasteiger partial charge in [0.15, 0.2) is 4.80 Å². The van der Waals surface area contributed by atoms with Crippen LogP contribution in [0.15, 0.2) is 105 Å². The molecule has 0 amide bonds. The molecule has 7 nitrogen and oxygen atoms in total. The highest BCUT2D eigenvalue weighted by molar-refractivity contribution is 7.07. The third-order valence-electron chi connectivity index (χ3n) is 7.31. The summed E-state index contributed by atoms with van der Waals surface area (Å²) >= 11 is 7.63. The fraction of sp³-hybridized carbons (Fsp3) is 0.0968. The predicted octanol–water partition coefficient (Wildman–Crippen LogP) is 6.14. The molecule has 0 saturated carbocycles. The van der Waals surface area contributed by atoms with Gasteiger partial charge in [-0.05, 0) is 47.7 Å². The first kappa shape index (κ1) is 24.5. The molecule has 0 fully saturated rings. The van der Waals surface area contributed by atoms with Crippen LogP contribution < -0.4 is 14.9 Å². The summed E-state index contributed by atoms with van der Waals surface area (Å²) in [4.78, 5) is 30.3. The van der Waals surface area contributed by atoms with Crippen molar-refractivity contribution in [2.45, 2.75) is 18.9 Å². The van der Waals surface area contributed by atoms with Gasteiger partial charge in [-0.3, -0.25) is 19.5 Å². The number of aryl methyl sites for hydroxylation is 1. The van der Waals surface area contributed by atoms with E-state index in [0.717, 1.165) is 35.2 Å². The lowest BCUT2D eigenvalue weighted by atomic mass is 9.83. The molecule has 1 aliphatic heterocycles. The lowest BCUT2D eigenvalue weighted by Crippen LogP contribution is -2.38. The number of nitrogens with zero attached hydrogens (tertiary/aromatic N) is 3. The first-order valence-corrected chi connectivity index (χ1v) is 13.9. The largest absolute Gasteiger partial charge is 0.457 e. The average molecular weight is 566 g/mol. The maximum Gasteiger partial charge on any atom is 0.271 e. The zero-order valence-electron chi connectivity index (χ0n) is 20.9. The molecule has 0 unspecified atom stereocenters. The highest BCUT2D eigenvalue weighted by Gasteiger charge is 2.32. The molecular formula is C31H20ClN3O4S. The number of hydrogen-bond donors (Lipinski definition) is 0. The minimum Gasteiger partial charge on any atom is -0.457 e. The van der Waals surface area contributed by atoms with Gasteiger partial charge in [0.25, 0.3) is 11.2 Å². The lowest BCUT2D eigenvalue weighted by molar-refractivity contribution is -0.384. The van der Waals surface area contributed by atoms with Crippen LogP contribution in [0.4, 0.5) is 5.69 Å². The Hall–Kier alpha value is -4.53. The van der Waals surface area contributed by atoms with Gasteiger partial charge in [0.1, 0.15) is 11.5 Å². The van der Waals surface area contributed by atoms with E-state index in [0.29, 0.717) is 31.4 Å². The summed E-state index contributed by atoms with van der Waals surface area (Å²) in [6.45, 7) is 0. The van der Waals surface area contributed by atoms with Crippen LogP contribution in [0.5, 0.6) is 0 Å². The van der Waals surface area contributed by atoms with E-state index in [-0.39, 0.29) is 17.3 Å². The van der Waals surface area contributed by atoms with Crippen LogP contribution in [0.2, 0.25) is 5.02 Å². The number of furan rings is 1. The molecule has 2 aromatic heterocycles. The van der Waals surface area contributed by atoms with Gasteiger partial charge in [-0.15, -0.1) is 0 Å². The molecule has 7 rings (SSSR count). The maximum absolute atomic E-state index is 13.9. The van der Waals surface area contributed by atoms with E-state index in [9.17, 15) is 14.9 Å². The molecule has 9 heteroatoms. The van der Waals surface area contributed by atoms with Crippen molar-refractivity contribution in [3.05, 3.63) is 148 Å². The van der Waals surface area contributed by atoms with E-state index in [1.165, 1.54) is 35.1 Å². The monoisotopic (exact) mass is 565 g/mol. The Morgan fingerprint density at radius 1 is 1.00 bits per heavy atom. The molecule has 5 aromatic rings. The third-order valence-corrected chi connectivity index (χ3v) is 8.63. The third kappa shape index (κ3) is 4.04. The molecule has 0 N–H and O–H groups in total. The van der Waals surface area contributed by atoms with Crippen molar-refractivity contribution in [1.29, 1.82) is 0 Å². The summed E-state index contributed by atoms with van der Waals surface area (Å²) in [5, 5.41) is 11.6. The molecule has 0 bridgehead atoms. The predicted molar refractivity (Wildman–Crippen MR) is 155 cm³/mol. The van der Waals surface area contributed by atoms with Crippen molar-refractivity contribution >= 4 is 40.4 Å². The minimum atomic E-state index is -0.481. The Morgan fingerprint density at radius 2 is 1.80 bits per heavy atom. The van der Waals surface area contributed by atoms with Gasteiger partial charge in [-0.25, -0.2) is 4.99 Å². The number of allylic oxidation sites excluding steroid dienone is 1. The SMILES string of the molecule is O=c1/c(=C/c2ccc(-c3cc([N+](=O)[O-])ccc3Cl)o2)sc2n1[C@@H](c1ccccc1)C1=C(N=2)c2ccccc2CC1. The molecule has 1 aliphatic carbocycles. The summed E-state index contributed by atoms with van der Waals surface area (Å²) in [7, 11) is 0. The fourth-order valence-electron chi connectivity index (χ4n) is 5.48. The molecule has 1 atom stereocenters. The van der Waals surface area contributed by atoms with Crippen molar-refractivity contribution in [2.75, 3.05) is 0 Å². The Morgan fingerprint density at radius 3 is 2.62 bits per heavy atom. The normalized spacial score (nSPS) is 16.2. The van der Waals surface area contributed by atoms with Crippen molar-refractivity contribution in [1.82, 2.24) is 4.57 Å². The number of aromatic nitrogens is 1. The molecule has 3 heterocycles. The highest BCUT2D eigenvalue weighted by Crippen LogP contribution is 2.41. The molecular weight excluding hydrogens is 546 g/mol. The molecule has 0 radical (unpaired) electrons. The lowest BCUT2D eigenvalue weighted by Gasteiger charge is -2.30. The summed E-state index contributed by atoms with van der Waals surface area (Å²) in [5.41, 5.74) is 5.69. The number of halogens is 1. The summed E-state index contributed by atoms with van der Waals surface area (Å²) in [6.07, 6.45) is 3.41. The van der Waals surface area contributed by atoms with Gasteiger partial charge >= 0.3 is 0 Å². The van der Waals surface area contributed by atoms with E-state index in [2.05, 4.69) is 30.3 Å². The molecule has 0 spiro atoms. The number of non-ortho nitro benzene ring substituents is 1. The smallest absolute Gasteiger partial charge is 0.271 e. The van der Waals surface area contributed by atoms with E-state index in [4.69, 9.17) is 21.0 Å². The fourth-order valence-corrected chi connectivity index (χ4v) is 6.67. The van der Waals surface area contributed by atoms with Crippen molar-refractivity contribution < 1.29 is 9.34 Å². The highest BCUT2D eigenvalue weighted by atomic mass is 35.5.